The Bertz CT molecular complexity index is 456. The zero-order valence-corrected chi connectivity index (χ0v) is 13.0. The highest BCUT2D eigenvalue weighted by atomic mass is 127. The van der Waals surface area contributed by atoms with Crippen LogP contribution < -0.4 is 5.32 Å². The molecule has 1 fully saturated rings. The molecular weight excluding hydrogens is 363 g/mol. The second-order valence-electron chi connectivity index (χ2n) is 4.38. The van der Waals surface area contributed by atoms with Gasteiger partial charge in [0.05, 0.1) is 4.92 Å². The Labute approximate surface area is 124 Å². The molecule has 2 atom stereocenters. The third kappa shape index (κ3) is 3.09. The van der Waals surface area contributed by atoms with Crippen LogP contribution in [0, 0.1) is 13.7 Å². The zero-order chi connectivity index (χ0) is 13.1. The van der Waals surface area contributed by atoms with E-state index in [1.54, 1.807) is 12.1 Å². The maximum atomic E-state index is 10.7. The van der Waals surface area contributed by atoms with Crippen molar-refractivity contribution in [2.45, 2.75) is 30.6 Å². The van der Waals surface area contributed by atoms with E-state index in [-0.39, 0.29) is 10.6 Å². The first-order chi connectivity index (χ1) is 8.61. The van der Waals surface area contributed by atoms with E-state index in [1.165, 1.54) is 19.3 Å². The number of benzene rings is 1. The lowest BCUT2D eigenvalue weighted by molar-refractivity contribution is -0.384. The van der Waals surface area contributed by atoms with E-state index in [0.717, 1.165) is 9.26 Å². The summed E-state index contributed by atoms with van der Waals surface area (Å²) < 4.78 is 0.911. The second kappa shape index (κ2) is 6.10. The number of halogens is 1. The van der Waals surface area contributed by atoms with Crippen LogP contribution in [-0.2, 0) is 0 Å². The first kappa shape index (κ1) is 13.9. The number of nitro groups is 1. The van der Waals surface area contributed by atoms with Gasteiger partial charge in [-0.3, -0.25) is 10.1 Å². The molecule has 98 valence electrons. The van der Waals surface area contributed by atoms with Crippen LogP contribution >= 0.6 is 34.4 Å². The molecule has 2 unspecified atom stereocenters. The maximum Gasteiger partial charge on any atom is 0.270 e. The van der Waals surface area contributed by atoms with Gasteiger partial charge in [-0.2, -0.15) is 11.8 Å². The lowest BCUT2D eigenvalue weighted by Gasteiger charge is -2.21. The van der Waals surface area contributed by atoms with Crippen LogP contribution in [0.1, 0.15) is 19.3 Å². The Hall–Kier alpha value is -0.500. The normalized spacial score (nSPS) is 23.0. The summed E-state index contributed by atoms with van der Waals surface area (Å²) >= 11 is 4.05. The van der Waals surface area contributed by atoms with Crippen molar-refractivity contribution in [2.75, 3.05) is 11.6 Å². The number of rotatable bonds is 4. The summed E-state index contributed by atoms with van der Waals surface area (Å²) in [6.07, 6.45) is 5.83. The fourth-order valence-corrected chi connectivity index (χ4v) is 3.90. The van der Waals surface area contributed by atoms with Gasteiger partial charge in [0.2, 0.25) is 0 Å². The van der Waals surface area contributed by atoms with Gasteiger partial charge in [-0.05, 0) is 47.8 Å². The van der Waals surface area contributed by atoms with Crippen LogP contribution in [-0.4, -0.2) is 22.5 Å². The quantitative estimate of drug-likeness (QED) is 0.491. The monoisotopic (exact) mass is 378 g/mol. The Balaban J connectivity index is 2.12. The van der Waals surface area contributed by atoms with E-state index >= 15 is 0 Å². The summed E-state index contributed by atoms with van der Waals surface area (Å²) in [6.45, 7) is 0. The van der Waals surface area contributed by atoms with Crippen molar-refractivity contribution >= 4 is 45.7 Å². The topological polar surface area (TPSA) is 55.2 Å². The molecule has 1 aromatic rings. The summed E-state index contributed by atoms with van der Waals surface area (Å²) in [7, 11) is 0. The Kier molecular flexibility index (Phi) is 4.71. The van der Waals surface area contributed by atoms with Gasteiger partial charge in [0, 0.05) is 32.7 Å². The van der Waals surface area contributed by atoms with E-state index in [4.69, 9.17) is 0 Å². The van der Waals surface area contributed by atoms with Gasteiger partial charge >= 0.3 is 0 Å². The van der Waals surface area contributed by atoms with E-state index < -0.39 is 0 Å². The molecule has 0 bridgehead atoms. The summed E-state index contributed by atoms with van der Waals surface area (Å²) in [5.74, 6) is 0. The van der Waals surface area contributed by atoms with Crippen LogP contribution in [0.4, 0.5) is 11.4 Å². The van der Waals surface area contributed by atoms with Crippen molar-refractivity contribution in [1.82, 2.24) is 0 Å². The molecule has 1 N–H and O–H groups in total. The predicted octanol–water partition coefficient (Wildman–Crippen LogP) is 3.90. The molecule has 4 nitrogen and oxygen atoms in total. The van der Waals surface area contributed by atoms with Crippen LogP contribution in [0.25, 0.3) is 0 Å². The number of hydrogen-bond donors (Lipinski definition) is 1. The highest BCUT2D eigenvalue weighted by Crippen LogP contribution is 2.32. The standard InChI is InChI=1S/C12H15IN2O2S/c1-18-12-4-2-3-11(12)14-10-6-5-8(15(16)17)7-9(10)13/h5-7,11-12,14H,2-4H2,1H3. The summed E-state index contributed by atoms with van der Waals surface area (Å²) in [4.78, 5) is 10.3. The van der Waals surface area contributed by atoms with E-state index in [1.807, 2.05) is 17.8 Å². The van der Waals surface area contributed by atoms with Crippen molar-refractivity contribution in [3.8, 4) is 0 Å². The van der Waals surface area contributed by atoms with Gasteiger partial charge in [0.25, 0.3) is 5.69 Å². The summed E-state index contributed by atoms with van der Waals surface area (Å²) in [5.41, 5.74) is 1.16. The number of nitrogens with zero attached hydrogens (tertiary/aromatic N) is 1. The molecule has 1 aliphatic carbocycles. The van der Waals surface area contributed by atoms with Crippen molar-refractivity contribution in [2.24, 2.45) is 0 Å². The molecule has 0 saturated heterocycles. The van der Waals surface area contributed by atoms with Gasteiger partial charge in [0.1, 0.15) is 0 Å². The molecule has 18 heavy (non-hydrogen) atoms. The average Bonchev–Trinajstić information content (AvgIpc) is 2.78. The number of anilines is 1. The molecule has 0 aliphatic heterocycles. The largest absolute Gasteiger partial charge is 0.380 e. The predicted molar refractivity (Wildman–Crippen MR) is 84.4 cm³/mol. The van der Waals surface area contributed by atoms with Crippen LogP contribution in [0.5, 0.6) is 0 Å². The average molecular weight is 378 g/mol. The number of thioether (sulfide) groups is 1. The van der Waals surface area contributed by atoms with Crippen molar-refractivity contribution < 1.29 is 4.92 Å². The molecule has 0 radical (unpaired) electrons. The zero-order valence-electron chi connectivity index (χ0n) is 10.1. The van der Waals surface area contributed by atoms with Gasteiger partial charge in [-0.1, -0.05) is 6.42 Å². The minimum atomic E-state index is -0.355. The van der Waals surface area contributed by atoms with E-state index in [2.05, 4.69) is 34.2 Å². The van der Waals surface area contributed by atoms with Gasteiger partial charge in [-0.15, -0.1) is 0 Å². The van der Waals surface area contributed by atoms with Gasteiger partial charge in [0.15, 0.2) is 0 Å². The SMILES string of the molecule is CSC1CCCC1Nc1ccc([N+](=O)[O-])cc1I. The first-order valence-corrected chi connectivity index (χ1v) is 8.21. The first-order valence-electron chi connectivity index (χ1n) is 5.85. The van der Waals surface area contributed by atoms with E-state index in [0.29, 0.717) is 11.3 Å². The molecule has 0 aromatic heterocycles. The van der Waals surface area contributed by atoms with E-state index in [9.17, 15) is 10.1 Å². The molecule has 6 heteroatoms. The molecule has 1 aliphatic rings. The molecule has 1 saturated carbocycles. The van der Waals surface area contributed by atoms with Gasteiger partial charge < -0.3 is 5.32 Å². The maximum absolute atomic E-state index is 10.7. The summed E-state index contributed by atoms with van der Waals surface area (Å²) in [5, 5.41) is 14.9. The third-order valence-corrected chi connectivity index (χ3v) is 5.32. The number of hydrogen-bond acceptors (Lipinski definition) is 4. The van der Waals surface area contributed by atoms with Crippen LogP contribution in [0.2, 0.25) is 0 Å². The fraction of sp³-hybridized carbons (Fsp3) is 0.500. The Morgan fingerprint density at radius 3 is 2.89 bits per heavy atom. The van der Waals surface area contributed by atoms with Crippen LogP contribution in [0.3, 0.4) is 0 Å². The molecular formula is C12H15IN2O2S. The fourth-order valence-electron chi connectivity index (χ4n) is 2.31. The number of nitrogens with one attached hydrogen (secondary N) is 1. The van der Waals surface area contributed by atoms with Crippen molar-refractivity contribution in [1.29, 1.82) is 0 Å². The molecule has 1 aromatic carbocycles. The Morgan fingerprint density at radius 1 is 1.50 bits per heavy atom. The van der Waals surface area contributed by atoms with Gasteiger partial charge in [-0.25, -0.2) is 0 Å². The summed E-state index contributed by atoms with van der Waals surface area (Å²) in [6, 6.07) is 5.48. The van der Waals surface area contributed by atoms with Crippen molar-refractivity contribution in [3.63, 3.8) is 0 Å². The molecule has 0 heterocycles. The smallest absolute Gasteiger partial charge is 0.270 e. The van der Waals surface area contributed by atoms with Crippen molar-refractivity contribution in [3.05, 3.63) is 31.9 Å². The highest BCUT2D eigenvalue weighted by Gasteiger charge is 2.26. The lowest BCUT2D eigenvalue weighted by atomic mass is 10.2. The highest BCUT2D eigenvalue weighted by molar-refractivity contribution is 14.1. The van der Waals surface area contributed by atoms with Crippen LogP contribution in [0.15, 0.2) is 18.2 Å². The Morgan fingerprint density at radius 2 is 2.28 bits per heavy atom. The molecule has 2 rings (SSSR count). The number of nitro benzene ring substituents is 1. The minimum Gasteiger partial charge on any atom is -0.380 e. The molecule has 0 amide bonds. The lowest BCUT2D eigenvalue weighted by Crippen LogP contribution is -2.26. The second-order valence-corrected chi connectivity index (χ2v) is 6.62. The number of non-ortho nitro benzene ring substituents is 1. The molecule has 0 spiro atoms. The minimum absolute atomic E-state index is 0.151. The third-order valence-electron chi connectivity index (χ3n) is 3.26.